The molecule has 1 saturated heterocycles. The number of methoxy groups -OCH3 is 1. The van der Waals surface area contributed by atoms with Gasteiger partial charge >= 0.3 is 0 Å². The summed E-state index contributed by atoms with van der Waals surface area (Å²) in [5, 5.41) is 4.14. The molecule has 1 atom stereocenters. The third kappa shape index (κ3) is 3.94. The number of para-hydroxylation sites is 1. The number of likely N-dealkylation sites (tertiary alicyclic amines) is 1. The Morgan fingerprint density at radius 3 is 2.90 bits per heavy atom. The predicted octanol–water partition coefficient (Wildman–Crippen LogP) is 4.01. The van der Waals surface area contributed by atoms with Crippen molar-refractivity contribution in [3.05, 3.63) is 60.0 Å². The maximum absolute atomic E-state index is 12.5. The SMILES string of the molecule is CCOc1ccccc1-c1noc(C2CCC(=O)N2Cc2cccc(OC)c2)n1. The lowest BCUT2D eigenvalue weighted by Crippen LogP contribution is -2.27. The van der Waals surface area contributed by atoms with Crippen molar-refractivity contribution < 1.29 is 18.8 Å². The molecule has 2 heterocycles. The Kier molecular flexibility index (Phi) is 5.46. The maximum Gasteiger partial charge on any atom is 0.249 e. The van der Waals surface area contributed by atoms with Crippen LogP contribution in [-0.2, 0) is 11.3 Å². The standard InChI is InChI=1S/C22H23N3O4/c1-3-28-19-10-5-4-9-17(19)21-23-22(29-24-21)18-11-12-20(26)25(18)14-15-7-6-8-16(13-15)27-2/h4-10,13,18H,3,11-12,14H2,1-2H3. The van der Waals surface area contributed by atoms with Crippen LogP contribution in [0.3, 0.4) is 0 Å². The van der Waals surface area contributed by atoms with Gasteiger partial charge in [-0.25, -0.2) is 0 Å². The summed E-state index contributed by atoms with van der Waals surface area (Å²) < 4.78 is 16.5. The van der Waals surface area contributed by atoms with E-state index in [2.05, 4.69) is 10.1 Å². The molecule has 1 amide bonds. The first-order valence-corrected chi connectivity index (χ1v) is 9.67. The second-order valence-electron chi connectivity index (χ2n) is 6.81. The Hall–Kier alpha value is -3.35. The minimum atomic E-state index is -0.241. The van der Waals surface area contributed by atoms with Crippen molar-refractivity contribution in [2.24, 2.45) is 0 Å². The monoisotopic (exact) mass is 393 g/mol. The lowest BCUT2D eigenvalue weighted by Gasteiger charge is -2.22. The van der Waals surface area contributed by atoms with Crippen LogP contribution < -0.4 is 9.47 Å². The first-order chi connectivity index (χ1) is 14.2. The molecule has 7 nitrogen and oxygen atoms in total. The van der Waals surface area contributed by atoms with E-state index < -0.39 is 0 Å². The van der Waals surface area contributed by atoms with Crippen LogP contribution in [0, 0.1) is 0 Å². The van der Waals surface area contributed by atoms with Crippen LogP contribution in [0.5, 0.6) is 11.5 Å². The van der Waals surface area contributed by atoms with Gasteiger partial charge in [0.1, 0.15) is 17.5 Å². The van der Waals surface area contributed by atoms with Gasteiger partial charge in [-0.3, -0.25) is 4.79 Å². The van der Waals surface area contributed by atoms with Gasteiger partial charge in [-0.1, -0.05) is 29.4 Å². The summed E-state index contributed by atoms with van der Waals surface area (Å²) in [7, 11) is 1.63. The molecule has 150 valence electrons. The van der Waals surface area contributed by atoms with Crippen LogP contribution in [0.4, 0.5) is 0 Å². The van der Waals surface area contributed by atoms with Gasteiger partial charge in [0.15, 0.2) is 0 Å². The van der Waals surface area contributed by atoms with Crippen LogP contribution in [0.25, 0.3) is 11.4 Å². The highest BCUT2D eigenvalue weighted by atomic mass is 16.5. The molecule has 3 aromatic rings. The van der Waals surface area contributed by atoms with Gasteiger partial charge in [0.25, 0.3) is 0 Å². The smallest absolute Gasteiger partial charge is 0.249 e. The summed E-state index contributed by atoms with van der Waals surface area (Å²) in [4.78, 5) is 18.9. The second kappa shape index (κ2) is 8.34. The molecular formula is C22H23N3O4. The molecular weight excluding hydrogens is 370 g/mol. The fourth-order valence-electron chi connectivity index (χ4n) is 3.57. The van der Waals surface area contributed by atoms with Crippen molar-refractivity contribution >= 4 is 5.91 Å². The number of hydrogen-bond acceptors (Lipinski definition) is 6. The second-order valence-corrected chi connectivity index (χ2v) is 6.81. The summed E-state index contributed by atoms with van der Waals surface area (Å²) in [6.07, 6.45) is 1.11. The van der Waals surface area contributed by atoms with Gasteiger partial charge in [0.2, 0.25) is 17.6 Å². The summed E-state index contributed by atoms with van der Waals surface area (Å²) >= 11 is 0. The van der Waals surface area contributed by atoms with Crippen LogP contribution in [0.15, 0.2) is 53.1 Å². The highest BCUT2D eigenvalue weighted by Gasteiger charge is 2.36. The number of carbonyl (C=O) groups is 1. The molecule has 2 aromatic carbocycles. The first kappa shape index (κ1) is 19.0. The van der Waals surface area contributed by atoms with E-state index in [0.29, 0.717) is 43.5 Å². The average Bonchev–Trinajstić information content (AvgIpc) is 3.36. The van der Waals surface area contributed by atoms with E-state index in [1.807, 2.05) is 55.5 Å². The Balaban J connectivity index is 1.58. The zero-order chi connectivity index (χ0) is 20.2. The number of rotatable bonds is 7. The van der Waals surface area contributed by atoms with Crippen LogP contribution in [0.2, 0.25) is 0 Å². The van der Waals surface area contributed by atoms with E-state index in [4.69, 9.17) is 14.0 Å². The molecule has 0 bridgehead atoms. The van der Waals surface area contributed by atoms with Gasteiger partial charge < -0.3 is 18.9 Å². The van der Waals surface area contributed by atoms with Crippen LogP contribution >= 0.6 is 0 Å². The summed E-state index contributed by atoms with van der Waals surface area (Å²) in [5.41, 5.74) is 1.76. The van der Waals surface area contributed by atoms with Gasteiger partial charge in [0, 0.05) is 13.0 Å². The van der Waals surface area contributed by atoms with Gasteiger partial charge in [-0.2, -0.15) is 4.98 Å². The highest BCUT2D eigenvalue weighted by molar-refractivity contribution is 5.79. The molecule has 7 heteroatoms. The zero-order valence-electron chi connectivity index (χ0n) is 16.5. The number of aromatic nitrogens is 2. The molecule has 0 aliphatic carbocycles. The molecule has 1 aliphatic rings. The number of carbonyl (C=O) groups excluding carboxylic acids is 1. The Labute approximate surface area is 169 Å². The number of ether oxygens (including phenoxy) is 2. The molecule has 1 aromatic heterocycles. The quantitative estimate of drug-likeness (QED) is 0.604. The minimum Gasteiger partial charge on any atom is -0.497 e. The summed E-state index contributed by atoms with van der Waals surface area (Å²) in [6.45, 7) is 2.94. The van der Waals surface area contributed by atoms with Gasteiger partial charge in [-0.05, 0) is 43.2 Å². The van der Waals surface area contributed by atoms with Crippen molar-refractivity contribution in [3.63, 3.8) is 0 Å². The lowest BCUT2D eigenvalue weighted by molar-refractivity contribution is -0.130. The summed E-state index contributed by atoms with van der Waals surface area (Å²) in [5.74, 6) is 2.45. The molecule has 0 N–H and O–H groups in total. The fourth-order valence-corrected chi connectivity index (χ4v) is 3.57. The third-order valence-electron chi connectivity index (χ3n) is 4.97. The van der Waals surface area contributed by atoms with Crippen molar-refractivity contribution in [1.29, 1.82) is 0 Å². The minimum absolute atomic E-state index is 0.0762. The average molecular weight is 393 g/mol. The lowest BCUT2D eigenvalue weighted by atomic mass is 10.1. The van der Waals surface area contributed by atoms with Crippen molar-refractivity contribution in [3.8, 4) is 22.9 Å². The van der Waals surface area contributed by atoms with E-state index in [-0.39, 0.29) is 11.9 Å². The Morgan fingerprint density at radius 2 is 2.07 bits per heavy atom. The van der Waals surface area contributed by atoms with Gasteiger partial charge in [-0.15, -0.1) is 0 Å². The van der Waals surface area contributed by atoms with Crippen molar-refractivity contribution in [2.75, 3.05) is 13.7 Å². The molecule has 1 unspecified atom stereocenters. The predicted molar refractivity (Wildman–Crippen MR) is 106 cm³/mol. The summed E-state index contributed by atoms with van der Waals surface area (Å²) in [6, 6.07) is 15.0. The molecule has 1 fully saturated rings. The van der Waals surface area contributed by atoms with E-state index in [1.165, 1.54) is 0 Å². The molecule has 4 rings (SSSR count). The van der Waals surface area contributed by atoms with Crippen molar-refractivity contribution in [2.45, 2.75) is 32.4 Å². The molecule has 1 aliphatic heterocycles. The van der Waals surface area contributed by atoms with E-state index >= 15 is 0 Å². The number of amides is 1. The normalized spacial score (nSPS) is 16.3. The molecule has 0 saturated carbocycles. The first-order valence-electron chi connectivity index (χ1n) is 9.67. The highest BCUT2D eigenvalue weighted by Crippen LogP contribution is 2.35. The Morgan fingerprint density at radius 1 is 1.21 bits per heavy atom. The third-order valence-corrected chi connectivity index (χ3v) is 4.97. The Bertz CT molecular complexity index is 1000. The van der Waals surface area contributed by atoms with Crippen LogP contribution in [0.1, 0.15) is 37.3 Å². The molecule has 0 spiro atoms. The van der Waals surface area contributed by atoms with Crippen LogP contribution in [-0.4, -0.2) is 34.7 Å². The maximum atomic E-state index is 12.5. The van der Waals surface area contributed by atoms with Gasteiger partial charge in [0.05, 0.1) is 19.3 Å². The molecule has 29 heavy (non-hydrogen) atoms. The van der Waals surface area contributed by atoms with Crippen molar-refractivity contribution in [1.82, 2.24) is 15.0 Å². The number of benzene rings is 2. The topological polar surface area (TPSA) is 77.7 Å². The van der Waals surface area contributed by atoms with E-state index in [0.717, 1.165) is 16.9 Å². The van der Waals surface area contributed by atoms with E-state index in [9.17, 15) is 4.79 Å². The fraction of sp³-hybridized carbons (Fsp3) is 0.318. The van der Waals surface area contributed by atoms with E-state index in [1.54, 1.807) is 12.0 Å². The largest absolute Gasteiger partial charge is 0.497 e. The zero-order valence-corrected chi connectivity index (χ0v) is 16.5. The number of nitrogens with zero attached hydrogens (tertiary/aromatic N) is 3. The number of hydrogen-bond donors (Lipinski definition) is 0. The molecule has 0 radical (unpaired) electrons.